The van der Waals surface area contributed by atoms with Gasteiger partial charge in [-0.05, 0) is 38.1 Å². The van der Waals surface area contributed by atoms with Crippen LogP contribution in [0.3, 0.4) is 0 Å². The van der Waals surface area contributed by atoms with Gasteiger partial charge in [-0.1, -0.05) is 0 Å². The Labute approximate surface area is 153 Å². The first kappa shape index (κ1) is 20.3. The summed E-state index contributed by atoms with van der Waals surface area (Å²) in [6, 6.07) is 5.48. The third kappa shape index (κ3) is 3.89. The van der Waals surface area contributed by atoms with Crippen molar-refractivity contribution in [1.29, 1.82) is 0 Å². The molecule has 8 nitrogen and oxygen atoms in total. The molecule has 2 rings (SSSR count). The lowest BCUT2D eigenvalue weighted by atomic mass is 9.91. The van der Waals surface area contributed by atoms with Gasteiger partial charge in [-0.15, -0.1) is 0 Å². The van der Waals surface area contributed by atoms with Crippen molar-refractivity contribution in [2.75, 3.05) is 20.1 Å². The van der Waals surface area contributed by atoms with E-state index in [0.717, 1.165) is 0 Å². The molecule has 1 aromatic carbocycles. The predicted molar refractivity (Wildman–Crippen MR) is 94.2 cm³/mol. The number of sulfonamides is 1. The minimum Gasteiger partial charge on any atom is -0.479 e. The topological polar surface area (TPSA) is 115 Å². The third-order valence-corrected chi connectivity index (χ3v) is 6.83. The van der Waals surface area contributed by atoms with E-state index in [1.807, 2.05) is 0 Å². The average Bonchev–Trinajstić information content (AvgIpc) is 2.61. The Bertz CT molecular complexity index is 780. The molecule has 26 heavy (non-hydrogen) atoms. The first-order chi connectivity index (χ1) is 12.0. The Morgan fingerprint density at radius 3 is 2.08 bits per heavy atom. The molecule has 1 amide bonds. The second-order valence-electron chi connectivity index (χ2n) is 6.77. The Morgan fingerprint density at radius 1 is 1.15 bits per heavy atom. The SMILES string of the molecule is CC(C)N(C)S(=O)(=O)c1ccc(C(=O)N2CCC(O)(C(=O)O)CC2)cc1. The van der Waals surface area contributed by atoms with Crippen LogP contribution in [0.1, 0.15) is 37.0 Å². The van der Waals surface area contributed by atoms with Gasteiger partial charge in [0.2, 0.25) is 10.0 Å². The zero-order valence-corrected chi connectivity index (χ0v) is 15.9. The number of carbonyl (C=O) groups excluding carboxylic acids is 1. The van der Waals surface area contributed by atoms with Crippen molar-refractivity contribution in [3.8, 4) is 0 Å². The van der Waals surface area contributed by atoms with Gasteiger partial charge in [0, 0.05) is 44.6 Å². The molecule has 0 aliphatic carbocycles. The van der Waals surface area contributed by atoms with Crippen LogP contribution in [0.4, 0.5) is 0 Å². The van der Waals surface area contributed by atoms with Crippen molar-refractivity contribution < 1.29 is 28.2 Å². The highest BCUT2D eigenvalue weighted by atomic mass is 32.2. The summed E-state index contributed by atoms with van der Waals surface area (Å²) in [4.78, 5) is 25.1. The second-order valence-corrected chi connectivity index (χ2v) is 8.77. The summed E-state index contributed by atoms with van der Waals surface area (Å²) < 4.78 is 26.1. The Hall–Kier alpha value is -1.97. The Morgan fingerprint density at radius 2 is 1.65 bits per heavy atom. The van der Waals surface area contributed by atoms with E-state index in [0.29, 0.717) is 5.56 Å². The van der Waals surface area contributed by atoms with Crippen molar-refractivity contribution >= 4 is 21.9 Å². The van der Waals surface area contributed by atoms with Crippen molar-refractivity contribution in [3.63, 3.8) is 0 Å². The van der Waals surface area contributed by atoms with Gasteiger partial charge in [-0.2, -0.15) is 4.31 Å². The molecule has 1 fully saturated rings. The number of likely N-dealkylation sites (tertiary alicyclic amines) is 1. The fraction of sp³-hybridized carbons (Fsp3) is 0.529. The smallest absolute Gasteiger partial charge is 0.335 e. The summed E-state index contributed by atoms with van der Waals surface area (Å²) in [5.41, 5.74) is -1.48. The fourth-order valence-corrected chi connectivity index (χ4v) is 4.06. The van der Waals surface area contributed by atoms with Crippen LogP contribution in [0.25, 0.3) is 0 Å². The van der Waals surface area contributed by atoms with Gasteiger partial charge in [0.05, 0.1) is 4.90 Å². The molecule has 144 valence electrons. The summed E-state index contributed by atoms with van der Waals surface area (Å²) in [6.45, 7) is 3.78. The first-order valence-corrected chi connectivity index (χ1v) is 9.76. The number of amides is 1. The minimum absolute atomic E-state index is 0.0419. The van der Waals surface area contributed by atoms with Gasteiger partial charge in [-0.3, -0.25) is 4.79 Å². The van der Waals surface area contributed by atoms with Gasteiger partial charge in [-0.25, -0.2) is 13.2 Å². The Kier molecular flexibility index (Phi) is 5.74. The van der Waals surface area contributed by atoms with Gasteiger partial charge in [0.15, 0.2) is 5.60 Å². The number of nitrogens with zero attached hydrogens (tertiary/aromatic N) is 2. The van der Waals surface area contributed by atoms with E-state index in [9.17, 15) is 23.1 Å². The lowest BCUT2D eigenvalue weighted by Gasteiger charge is -2.35. The lowest BCUT2D eigenvalue weighted by molar-refractivity contribution is -0.162. The molecule has 1 aromatic rings. The zero-order chi connectivity index (χ0) is 19.7. The molecule has 1 aliphatic rings. The van der Waals surface area contributed by atoms with Gasteiger partial charge in [0.1, 0.15) is 0 Å². The summed E-state index contributed by atoms with van der Waals surface area (Å²) in [5, 5.41) is 18.9. The van der Waals surface area contributed by atoms with Crippen molar-refractivity contribution in [2.45, 2.75) is 43.2 Å². The number of carbonyl (C=O) groups is 2. The number of piperidine rings is 1. The minimum atomic E-state index is -3.62. The van der Waals surface area contributed by atoms with Gasteiger partial charge >= 0.3 is 5.97 Å². The second kappa shape index (κ2) is 7.34. The number of hydrogen-bond acceptors (Lipinski definition) is 5. The maximum atomic E-state index is 12.5. The molecule has 0 bridgehead atoms. The van der Waals surface area contributed by atoms with E-state index in [2.05, 4.69) is 0 Å². The molecule has 1 aliphatic heterocycles. The zero-order valence-electron chi connectivity index (χ0n) is 15.0. The van der Waals surface area contributed by atoms with E-state index in [1.54, 1.807) is 13.8 Å². The summed E-state index contributed by atoms with van der Waals surface area (Å²) in [7, 11) is -2.12. The number of aliphatic carboxylic acids is 1. The monoisotopic (exact) mass is 384 g/mol. The standard InChI is InChI=1S/C17H24N2O6S/c1-12(2)18(3)26(24,25)14-6-4-13(5-7-14)15(20)19-10-8-17(23,9-11-19)16(21)22/h4-7,12,23H,8-11H2,1-3H3,(H,21,22). The highest BCUT2D eigenvalue weighted by molar-refractivity contribution is 7.89. The molecule has 0 unspecified atom stereocenters. The van der Waals surface area contributed by atoms with Crippen LogP contribution in [0, 0.1) is 0 Å². The van der Waals surface area contributed by atoms with Crippen molar-refractivity contribution in [3.05, 3.63) is 29.8 Å². The molecule has 0 radical (unpaired) electrons. The predicted octanol–water partition coefficient (Wildman–Crippen LogP) is 0.767. The van der Waals surface area contributed by atoms with E-state index in [1.165, 1.54) is 40.5 Å². The number of hydrogen-bond donors (Lipinski definition) is 2. The molecule has 0 aromatic heterocycles. The molecule has 1 heterocycles. The molecule has 0 atom stereocenters. The maximum absolute atomic E-state index is 12.5. The van der Waals surface area contributed by atoms with Crippen LogP contribution in [-0.2, 0) is 14.8 Å². The fourth-order valence-electron chi connectivity index (χ4n) is 2.69. The quantitative estimate of drug-likeness (QED) is 0.775. The van der Waals surface area contributed by atoms with Crippen LogP contribution in [-0.4, -0.2) is 71.5 Å². The molecule has 0 spiro atoms. The van der Waals surface area contributed by atoms with Crippen LogP contribution in [0.5, 0.6) is 0 Å². The number of rotatable bonds is 5. The number of carboxylic acid groups (broad SMARTS) is 1. The molecule has 9 heteroatoms. The third-order valence-electron chi connectivity index (χ3n) is 4.78. The summed E-state index contributed by atoms with van der Waals surface area (Å²) in [5.74, 6) is -1.60. The summed E-state index contributed by atoms with van der Waals surface area (Å²) >= 11 is 0. The van der Waals surface area contributed by atoms with Crippen molar-refractivity contribution in [2.24, 2.45) is 0 Å². The largest absolute Gasteiger partial charge is 0.479 e. The molecular formula is C17H24N2O6S. The molecule has 1 saturated heterocycles. The van der Waals surface area contributed by atoms with Gasteiger partial charge < -0.3 is 15.1 Å². The van der Waals surface area contributed by atoms with Gasteiger partial charge in [0.25, 0.3) is 5.91 Å². The van der Waals surface area contributed by atoms with Crippen LogP contribution < -0.4 is 0 Å². The number of benzene rings is 1. The average molecular weight is 384 g/mol. The maximum Gasteiger partial charge on any atom is 0.335 e. The van der Waals surface area contributed by atoms with E-state index < -0.39 is 21.6 Å². The van der Waals surface area contributed by atoms with E-state index in [4.69, 9.17) is 5.11 Å². The van der Waals surface area contributed by atoms with E-state index >= 15 is 0 Å². The molecule has 2 N–H and O–H groups in total. The van der Waals surface area contributed by atoms with Crippen LogP contribution in [0.15, 0.2) is 29.2 Å². The van der Waals surface area contributed by atoms with Crippen LogP contribution >= 0.6 is 0 Å². The number of aliphatic hydroxyl groups is 1. The normalized spacial score (nSPS) is 17.5. The van der Waals surface area contributed by atoms with Crippen molar-refractivity contribution in [1.82, 2.24) is 9.21 Å². The first-order valence-electron chi connectivity index (χ1n) is 8.32. The Balaban J connectivity index is 2.12. The molecular weight excluding hydrogens is 360 g/mol. The highest BCUT2D eigenvalue weighted by Crippen LogP contribution is 2.24. The van der Waals surface area contributed by atoms with Crippen LogP contribution in [0.2, 0.25) is 0 Å². The summed E-state index contributed by atoms with van der Waals surface area (Å²) in [6.07, 6.45) is -0.0839. The molecule has 0 saturated carbocycles. The van der Waals surface area contributed by atoms with E-state index in [-0.39, 0.29) is 42.8 Å². The lowest BCUT2D eigenvalue weighted by Crippen LogP contribution is -2.50. The highest BCUT2D eigenvalue weighted by Gasteiger charge is 2.40. The number of carboxylic acids is 1.